The number of aromatic nitrogens is 3. The van der Waals surface area contributed by atoms with Crippen molar-refractivity contribution in [1.29, 1.82) is 0 Å². The number of benzene rings is 1. The number of fused-ring (bicyclic) bond motifs is 1. The average Bonchev–Trinajstić information content (AvgIpc) is 3.32. The molecule has 2 atom stereocenters. The molecule has 1 saturated carbocycles. The molecule has 0 saturated heterocycles. The number of rotatable bonds is 7. The van der Waals surface area contributed by atoms with Crippen LogP contribution in [0.2, 0.25) is 0 Å². The van der Waals surface area contributed by atoms with E-state index in [4.69, 9.17) is 4.98 Å². The first-order valence-corrected chi connectivity index (χ1v) is 10.4. The molecule has 1 aromatic carbocycles. The van der Waals surface area contributed by atoms with Crippen LogP contribution in [0, 0.1) is 12.8 Å². The van der Waals surface area contributed by atoms with E-state index in [0.717, 1.165) is 51.6 Å². The summed E-state index contributed by atoms with van der Waals surface area (Å²) < 4.78 is 13.7. The van der Waals surface area contributed by atoms with Crippen molar-refractivity contribution in [1.82, 2.24) is 15.0 Å². The number of nitrogens with zero attached hydrogens (tertiary/aromatic N) is 3. The maximum Gasteiger partial charge on any atom is 0.224 e. The second kappa shape index (κ2) is 8.36. The van der Waals surface area contributed by atoms with E-state index in [2.05, 4.69) is 26.7 Å². The zero-order valence-corrected chi connectivity index (χ0v) is 16.6. The van der Waals surface area contributed by atoms with Gasteiger partial charge < -0.3 is 15.7 Å². The van der Waals surface area contributed by atoms with E-state index in [1.165, 1.54) is 0 Å². The molecular formula is C20H24FN5OS. The summed E-state index contributed by atoms with van der Waals surface area (Å²) in [5.74, 6) is 1.46. The number of aryl methyl sites for hydroxylation is 1. The third-order valence-corrected chi connectivity index (χ3v) is 6.17. The van der Waals surface area contributed by atoms with E-state index < -0.39 is 6.67 Å². The number of thiazole rings is 1. The highest BCUT2D eigenvalue weighted by atomic mass is 32.1. The van der Waals surface area contributed by atoms with Gasteiger partial charge in [0, 0.05) is 19.2 Å². The molecule has 3 N–H and O–H groups in total. The van der Waals surface area contributed by atoms with Crippen molar-refractivity contribution >= 4 is 33.3 Å². The number of nitrogens with one attached hydrogen (secondary N) is 2. The van der Waals surface area contributed by atoms with Crippen molar-refractivity contribution in [3.63, 3.8) is 0 Å². The number of halogens is 1. The van der Waals surface area contributed by atoms with Crippen molar-refractivity contribution in [2.75, 3.05) is 30.5 Å². The first-order valence-electron chi connectivity index (χ1n) is 9.59. The third kappa shape index (κ3) is 3.93. The molecule has 1 fully saturated rings. The van der Waals surface area contributed by atoms with Crippen LogP contribution in [0.15, 0.2) is 24.3 Å². The Morgan fingerprint density at radius 1 is 1.21 bits per heavy atom. The van der Waals surface area contributed by atoms with Gasteiger partial charge >= 0.3 is 0 Å². The molecule has 0 spiro atoms. The highest BCUT2D eigenvalue weighted by Gasteiger charge is 2.26. The lowest BCUT2D eigenvalue weighted by atomic mass is 10.1. The van der Waals surface area contributed by atoms with Gasteiger partial charge in [-0.1, -0.05) is 12.1 Å². The Morgan fingerprint density at radius 2 is 2.07 bits per heavy atom. The summed E-state index contributed by atoms with van der Waals surface area (Å²) in [7, 11) is 0. The normalized spacial score (nSPS) is 19.2. The fourth-order valence-corrected chi connectivity index (χ4v) is 4.78. The van der Waals surface area contributed by atoms with E-state index in [1.807, 2.05) is 25.1 Å². The maximum absolute atomic E-state index is 12.6. The van der Waals surface area contributed by atoms with Crippen LogP contribution in [0.25, 0.3) is 20.8 Å². The standard InChI is InChI=1S/C20H24FN5OS/c1-12-17(19-25-15-4-2-3-5-16(15)28-19)18(26-20(23-12)22-9-8-21)24-14-7-6-13(10-14)11-27/h2-5,13-14,27H,6-11H2,1H3,(H2,22,23,24,26)/t13-,14+/m1/s1. The van der Waals surface area contributed by atoms with Crippen LogP contribution in [-0.4, -0.2) is 45.9 Å². The fourth-order valence-electron chi connectivity index (χ4n) is 3.72. The molecule has 148 valence electrons. The lowest BCUT2D eigenvalue weighted by Gasteiger charge is -2.18. The van der Waals surface area contributed by atoms with Crippen molar-refractivity contribution in [2.45, 2.75) is 32.2 Å². The summed E-state index contributed by atoms with van der Waals surface area (Å²) in [6.45, 7) is 1.84. The summed E-state index contributed by atoms with van der Waals surface area (Å²) in [6, 6.07) is 8.28. The molecule has 28 heavy (non-hydrogen) atoms. The predicted molar refractivity (Wildman–Crippen MR) is 112 cm³/mol. The van der Waals surface area contributed by atoms with E-state index >= 15 is 0 Å². The predicted octanol–water partition coefficient (Wildman–Crippen LogP) is 4.02. The Labute approximate surface area is 167 Å². The molecule has 0 aliphatic heterocycles. The van der Waals surface area contributed by atoms with Crippen molar-refractivity contribution in [3.8, 4) is 10.6 Å². The molecule has 1 aliphatic rings. The van der Waals surface area contributed by atoms with Gasteiger partial charge in [-0.15, -0.1) is 11.3 Å². The molecule has 0 radical (unpaired) electrons. The Balaban J connectivity index is 1.72. The molecule has 1 aliphatic carbocycles. The van der Waals surface area contributed by atoms with Crippen LogP contribution in [-0.2, 0) is 0 Å². The number of anilines is 2. The maximum atomic E-state index is 12.6. The van der Waals surface area contributed by atoms with Crippen LogP contribution in [0.1, 0.15) is 25.0 Å². The van der Waals surface area contributed by atoms with Crippen molar-refractivity contribution < 1.29 is 9.50 Å². The Bertz CT molecular complexity index is 930. The van der Waals surface area contributed by atoms with Crippen LogP contribution < -0.4 is 10.6 Å². The first kappa shape index (κ1) is 19.0. The molecule has 6 nitrogen and oxygen atoms in total. The smallest absolute Gasteiger partial charge is 0.224 e. The van der Waals surface area contributed by atoms with Gasteiger partial charge in [0.05, 0.1) is 21.5 Å². The third-order valence-electron chi connectivity index (χ3n) is 5.12. The molecule has 0 unspecified atom stereocenters. The molecular weight excluding hydrogens is 377 g/mol. The minimum atomic E-state index is -0.481. The number of aliphatic hydroxyl groups excluding tert-OH is 1. The molecule has 0 bridgehead atoms. The summed E-state index contributed by atoms with van der Waals surface area (Å²) in [6.07, 6.45) is 2.90. The van der Waals surface area contributed by atoms with Gasteiger partial charge in [0.1, 0.15) is 17.5 Å². The lowest BCUT2D eigenvalue weighted by molar-refractivity contribution is 0.229. The van der Waals surface area contributed by atoms with Gasteiger partial charge in [0.25, 0.3) is 0 Å². The molecule has 2 aromatic heterocycles. The van der Waals surface area contributed by atoms with Crippen molar-refractivity contribution in [2.24, 2.45) is 5.92 Å². The second-order valence-corrected chi connectivity index (χ2v) is 8.19. The quantitative estimate of drug-likeness (QED) is 0.555. The fraction of sp³-hybridized carbons (Fsp3) is 0.450. The highest BCUT2D eigenvalue weighted by Crippen LogP contribution is 2.37. The zero-order chi connectivity index (χ0) is 19.5. The van der Waals surface area contributed by atoms with Gasteiger partial charge in [-0.2, -0.15) is 4.98 Å². The number of hydrogen-bond donors (Lipinski definition) is 3. The molecule has 4 rings (SSSR count). The molecule has 3 aromatic rings. The largest absolute Gasteiger partial charge is 0.396 e. The summed E-state index contributed by atoms with van der Waals surface area (Å²) in [4.78, 5) is 13.9. The van der Waals surface area contributed by atoms with E-state index in [1.54, 1.807) is 11.3 Å². The van der Waals surface area contributed by atoms with Crippen molar-refractivity contribution in [3.05, 3.63) is 30.0 Å². The SMILES string of the molecule is Cc1nc(NCCF)nc(N[C@H]2CC[C@@H](CO)C2)c1-c1nc2ccccc2s1. The van der Waals surface area contributed by atoms with Gasteiger partial charge in [-0.05, 0) is 44.2 Å². The van der Waals surface area contributed by atoms with Crippen LogP contribution in [0.3, 0.4) is 0 Å². The van der Waals surface area contributed by atoms with Gasteiger partial charge in [-0.25, -0.2) is 14.4 Å². The number of alkyl halides is 1. The minimum Gasteiger partial charge on any atom is -0.396 e. The van der Waals surface area contributed by atoms with E-state index in [0.29, 0.717) is 11.9 Å². The summed E-state index contributed by atoms with van der Waals surface area (Å²) in [5, 5.41) is 16.8. The highest BCUT2D eigenvalue weighted by molar-refractivity contribution is 7.21. The van der Waals surface area contributed by atoms with Gasteiger partial charge in [0.2, 0.25) is 5.95 Å². The number of hydrogen-bond acceptors (Lipinski definition) is 7. The van der Waals surface area contributed by atoms with Gasteiger partial charge in [0.15, 0.2) is 0 Å². The zero-order valence-electron chi connectivity index (χ0n) is 15.8. The second-order valence-electron chi connectivity index (χ2n) is 7.16. The van der Waals surface area contributed by atoms with Crippen LogP contribution in [0.4, 0.5) is 16.2 Å². The van der Waals surface area contributed by atoms with Crippen LogP contribution in [0.5, 0.6) is 0 Å². The Hall–Kier alpha value is -2.32. The Morgan fingerprint density at radius 3 is 2.82 bits per heavy atom. The monoisotopic (exact) mass is 401 g/mol. The Kier molecular flexibility index (Phi) is 5.68. The van der Waals surface area contributed by atoms with Gasteiger partial charge in [-0.3, -0.25) is 0 Å². The molecule has 0 amide bonds. The van der Waals surface area contributed by atoms with Crippen LogP contribution >= 0.6 is 11.3 Å². The average molecular weight is 402 g/mol. The van der Waals surface area contributed by atoms with E-state index in [9.17, 15) is 9.50 Å². The summed E-state index contributed by atoms with van der Waals surface area (Å²) >= 11 is 1.61. The minimum absolute atomic E-state index is 0.176. The lowest BCUT2D eigenvalue weighted by Crippen LogP contribution is -2.19. The molecule has 2 heterocycles. The first-order chi connectivity index (χ1) is 13.7. The molecule has 8 heteroatoms. The van der Waals surface area contributed by atoms with E-state index in [-0.39, 0.29) is 19.2 Å². The topological polar surface area (TPSA) is 83.0 Å². The summed E-state index contributed by atoms with van der Waals surface area (Å²) in [5.41, 5.74) is 2.64. The number of para-hydroxylation sites is 1. The number of aliphatic hydroxyl groups is 1.